The van der Waals surface area contributed by atoms with Gasteiger partial charge in [0.15, 0.2) is 0 Å². The van der Waals surface area contributed by atoms with E-state index in [1.165, 1.54) is 11.8 Å². The Balaban J connectivity index is 1.60. The summed E-state index contributed by atoms with van der Waals surface area (Å²) in [7, 11) is 0. The zero-order valence-corrected chi connectivity index (χ0v) is 19.0. The Hall–Kier alpha value is -1.41. The average Bonchev–Trinajstić information content (AvgIpc) is 3.34. The molecule has 0 saturated carbocycles. The van der Waals surface area contributed by atoms with Gasteiger partial charge in [-0.25, -0.2) is 0 Å². The highest BCUT2D eigenvalue weighted by molar-refractivity contribution is 9.10. The second kappa shape index (κ2) is 8.14. The zero-order chi connectivity index (χ0) is 19.8. The highest BCUT2D eigenvalue weighted by atomic mass is 79.9. The highest BCUT2D eigenvalue weighted by Gasteiger charge is 2.34. The molecule has 2 aromatic rings. The molecule has 7 heteroatoms. The summed E-state index contributed by atoms with van der Waals surface area (Å²) >= 11 is 10.3. The van der Waals surface area contributed by atoms with Crippen LogP contribution in [-0.4, -0.2) is 39.0 Å². The number of thioether (sulfide) groups is 1. The topological polar surface area (TPSA) is 34.5 Å². The number of carbonyl (C=O) groups is 1. The fourth-order valence-electron chi connectivity index (χ4n) is 3.71. The molecule has 146 valence electrons. The Morgan fingerprint density at radius 1 is 1.32 bits per heavy atom. The van der Waals surface area contributed by atoms with E-state index < -0.39 is 0 Å². The number of aromatic nitrogens is 1. The quantitative estimate of drug-likeness (QED) is 0.446. The summed E-state index contributed by atoms with van der Waals surface area (Å²) in [5, 5.41) is 0. The van der Waals surface area contributed by atoms with Crippen LogP contribution in [0.3, 0.4) is 0 Å². The number of carbonyl (C=O) groups excluding carboxylic acids is 1. The van der Waals surface area contributed by atoms with Gasteiger partial charge in [0.1, 0.15) is 4.32 Å². The Kier molecular flexibility index (Phi) is 5.78. The molecule has 2 saturated heterocycles. The lowest BCUT2D eigenvalue weighted by atomic mass is 10.2. The van der Waals surface area contributed by atoms with Crippen molar-refractivity contribution >= 4 is 56.2 Å². The molecule has 1 aromatic carbocycles. The van der Waals surface area contributed by atoms with Gasteiger partial charge < -0.3 is 9.30 Å². The molecule has 0 spiro atoms. The predicted molar refractivity (Wildman–Crippen MR) is 122 cm³/mol. The molecule has 0 radical (unpaired) electrons. The SMILES string of the molecule is Cc1cc(/C=C2\SC(=S)N(C[C@H]3CCCO3)C2=O)c(C)n1-c1ccc(Br)cc1. The van der Waals surface area contributed by atoms with Crippen molar-refractivity contribution in [3.05, 3.63) is 56.7 Å². The minimum atomic E-state index is -0.0149. The normalized spacial score (nSPS) is 21.3. The largest absolute Gasteiger partial charge is 0.376 e. The summed E-state index contributed by atoms with van der Waals surface area (Å²) in [6.07, 6.45) is 4.11. The lowest BCUT2D eigenvalue weighted by Crippen LogP contribution is -2.35. The number of thiocarbonyl (C=S) groups is 1. The van der Waals surface area contributed by atoms with E-state index in [-0.39, 0.29) is 12.0 Å². The maximum atomic E-state index is 12.9. The first-order valence-electron chi connectivity index (χ1n) is 9.26. The van der Waals surface area contributed by atoms with Crippen LogP contribution >= 0.6 is 39.9 Å². The van der Waals surface area contributed by atoms with E-state index in [4.69, 9.17) is 17.0 Å². The van der Waals surface area contributed by atoms with Gasteiger partial charge in [-0.2, -0.15) is 0 Å². The van der Waals surface area contributed by atoms with Gasteiger partial charge >= 0.3 is 0 Å². The summed E-state index contributed by atoms with van der Waals surface area (Å²) in [6.45, 7) is 5.49. The molecule has 2 fully saturated rings. The molecular formula is C21H21BrN2O2S2. The van der Waals surface area contributed by atoms with Gasteiger partial charge in [-0.15, -0.1) is 0 Å². The fraction of sp³-hybridized carbons (Fsp3) is 0.333. The molecule has 2 aliphatic heterocycles. The fourth-order valence-corrected chi connectivity index (χ4v) is 5.24. The molecule has 0 unspecified atom stereocenters. The van der Waals surface area contributed by atoms with E-state index in [1.54, 1.807) is 4.90 Å². The molecule has 0 bridgehead atoms. The summed E-state index contributed by atoms with van der Waals surface area (Å²) in [4.78, 5) is 15.3. The lowest BCUT2D eigenvalue weighted by Gasteiger charge is -2.18. The van der Waals surface area contributed by atoms with Crippen LogP contribution in [-0.2, 0) is 9.53 Å². The number of halogens is 1. The van der Waals surface area contributed by atoms with Crippen molar-refractivity contribution in [2.45, 2.75) is 32.8 Å². The van der Waals surface area contributed by atoms with Crippen LogP contribution in [0.1, 0.15) is 29.8 Å². The number of hydrogen-bond donors (Lipinski definition) is 0. The van der Waals surface area contributed by atoms with Gasteiger partial charge in [-0.1, -0.05) is 39.9 Å². The maximum Gasteiger partial charge on any atom is 0.266 e. The van der Waals surface area contributed by atoms with Crippen LogP contribution in [0.2, 0.25) is 0 Å². The number of benzene rings is 1. The molecule has 28 heavy (non-hydrogen) atoms. The standard InChI is InChI=1S/C21H21BrN2O2S2/c1-13-10-15(14(2)24(13)17-7-5-16(22)6-8-17)11-19-20(25)23(21(27)28-19)12-18-4-3-9-26-18/h5-8,10-11,18H,3-4,9,12H2,1-2H3/b19-11-/t18-/m1/s1. The number of aryl methyl sites for hydroxylation is 1. The molecule has 1 atom stereocenters. The zero-order valence-electron chi connectivity index (χ0n) is 15.8. The smallest absolute Gasteiger partial charge is 0.266 e. The van der Waals surface area contributed by atoms with Crippen molar-refractivity contribution in [3.63, 3.8) is 0 Å². The van der Waals surface area contributed by atoms with E-state index in [9.17, 15) is 4.79 Å². The number of ether oxygens (including phenoxy) is 1. The summed E-state index contributed by atoms with van der Waals surface area (Å²) < 4.78 is 9.54. The summed E-state index contributed by atoms with van der Waals surface area (Å²) in [6, 6.07) is 10.3. The monoisotopic (exact) mass is 476 g/mol. The molecule has 2 aliphatic rings. The van der Waals surface area contributed by atoms with Gasteiger partial charge in [0.05, 0.1) is 17.6 Å². The third-order valence-corrected chi connectivity index (χ3v) is 7.03. The van der Waals surface area contributed by atoms with E-state index in [0.717, 1.165) is 46.6 Å². The molecule has 4 rings (SSSR count). The number of nitrogens with zero attached hydrogens (tertiary/aromatic N) is 2. The van der Waals surface area contributed by atoms with Crippen molar-refractivity contribution in [1.82, 2.24) is 9.47 Å². The molecule has 1 aromatic heterocycles. The van der Waals surface area contributed by atoms with Crippen LogP contribution < -0.4 is 0 Å². The van der Waals surface area contributed by atoms with Gasteiger partial charge in [0.25, 0.3) is 5.91 Å². The van der Waals surface area contributed by atoms with Gasteiger partial charge in [-0.05, 0) is 68.7 Å². The Morgan fingerprint density at radius 3 is 2.75 bits per heavy atom. The van der Waals surface area contributed by atoms with Crippen molar-refractivity contribution in [3.8, 4) is 5.69 Å². The van der Waals surface area contributed by atoms with E-state index in [2.05, 4.69) is 52.5 Å². The Bertz CT molecular complexity index is 960. The van der Waals surface area contributed by atoms with E-state index in [0.29, 0.717) is 15.8 Å². The van der Waals surface area contributed by atoms with E-state index >= 15 is 0 Å². The molecule has 0 aliphatic carbocycles. The number of hydrogen-bond acceptors (Lipinski definition) is 4. The Labute approximate surface area is 183 Å². The van der Waals surface area contributed by atoms with Gasteiger partial charge in [0.2, 0.25) is 0 Å². The van der Waals surface area contributed by atoms with Crippen molar-refractivity contribution in [1.29, 1.82) is 0 Å². The van der Waals surface area contributed by atoms with Crippen molar-refractivity contribution in [2.24, 2.45) is 0 Å². The second-order valence-corrected chi connectivity index (χ2v) is 9.66. The van der Waals surface area contributed by atoms with Crippen LogP contribution in [0, 0.1) is 13.8 Å². The van der Waals surface area contributed by atoms with Crippen molar-refractivity contribution in [2.75, 3.05) is 13.2 Å². The Morgan fingerprint density at radius 2 is 2.07 bits per heavy atom. The van der Waals surface area contributed by atoms with E-state index in [1.807, 2.05) is 18.2 Å². The molecule has 3 heterocycles. The van der Waals surface area contributed by atoms with Gasteiger partial charge in [0, 0.05) is 28.2 Å². The minimum absolute atomic E-state index is 0.0149. The van der Waals surface area contributed by atoms with Crippen LogP contribution in [0.15, 0.2) is 39.7 Å². The molecule has 4 nitrogen and oxygen atoms in total. The van der Waals surface area contributed by atoms with Crippen LogP contribution in [0.5, 0.6) is 0 Å². The van der Waals surface area contributed by atoms with Crippen molar-refractivity contribution < 1.29 is 9.53 Å². The summed E-state index contributed by atoms with van der Waals surface area (Å²) in [5.41, 5.74) is 4.37. The first kappa shape index (κ1) is 19.9. The molecule has 0 N–H and O–H groups in total. The number of amides is 1. The average molecular weight is 477 g/mol. The predicted octanol–water partition coefficient (Wildman–Crippen LogP) is 5.24. The summed E-state index contributed by atoms with van der Waals surface area (Å²) in [5.74, 6) is -0.0149. The van der Waals surface area contributed by atoms with Crippen LogP contribution in [0.25, 0.3) is 11.8 Å². The lowest BCUT2D eigenvalue weighted by molar-refractivity contribution is -0.123. The molecular weight excluding hydrogens is 456 g/mol. The minimum Gasteiger partial charge on any atom is -0.376 e. The molecule has 1 amide bonds. The third-order valence-electron chi connectivity index (χ3n) is 5.13. The highest BCUT2D eigenvalue weighted by Crippen LogP contribution is 2.35. The number of rotatable bonds is 4. The van der Waals surface area contributed by atoms with Gasteiger partial charge in [-0.3, -0.25) is 9.69 Å². The maximum absolute atomic E-state index is 12.9. The first-order valence-corrected chi connectivity index (χ1v) is 11.3. The third kappa shape index (κ3) is 3.85. The van der Waals surface area contributed by atoms with Crippen LogP contribution in [0.4, 0.5) is 0 Å². The first-order chi connectivity index (χ1) is 13.4. The second-order valence-electron chi connectivity index (χ2n) is 7.07.